The lowest BCUT2D eigenvalue weighted by Gasteiger charge is -2.22. The number of anilines is 2. The second kappa shape index (κ2) is 9.22. The summed E-state index contributed by atoms with van der Waals surface area (Å²) < 4.78 is 22.1. The van der Waals surface area contributed by atoms with Crippen molar-refractivity contribution in [1.29, 1.82) is 0 Å². The third-order valence-corrected chi connectivity index (χ3v) is 6.61. The molecule has 4 heterocycles. The lowest BCUT2D eigenvalue weighted by molar-refractivity contribution is 0.343. The van der Waals surface area contributed by atoms with Crippen molar-refractivity contribution in [2.75, 3.05) is 25.5 Å². The number of methoxy groups -OCH3 is 1. The summed E-state index contributed by atoms with van der Waals surface area (Å²) in [5.41, 5.74) is 3.42. The molecule has 0 atom stereocenters. The fraction of sp³-hybridized carbons (Fsp3) is 0.348. The number of thiophene rings is 1. The molecule has 4 aromatic rings. The van der Waals surface area contributed by atoms with E-state index in [2.05, 4.69) is 20.7 Å². The molecule has 0 unspecified atom stereocenters. The zero-order valence-electron chi connectivity index (χ0n) is 17.4. The van der Waals surface area contributed by atoms with Gasteiger partial charge < -0.3 is 15.4 Å². The quantitative estimate of drug-likeness (QED) is 0.425. The van der Waals surface area contributed by atoms with Gasteiger partial charge in [-0.1, -0.05) is 7.43 Å². The number of piperidine rings is 1. The van der Waals surface area contributed by atoms with Crippen LogP contribution < -0.4 is 15.4 Å². The zero-order chi connectivity index (χ0) is 21.4. The van der Waals surface area contributed by atoms with Crippen molar-refractivity contribution < 1.29 is 9.13 Å². The van der Waals surface area contributed by atoms with E-state index in [1.54, 1.807) is 30.7 Å². The summed E-state index contributed by atoms with van der Waals surface area (Å²) >= 11 is 1.61. The Balaban J connectivity index is 0.00000245. The number of fused-ring (bicyclic) bond motifs is 1. The molecule has 0 bridgehead atoms. The number of nitrogens with one attached hydrogen (secondary N) is 2. The van der Waals surface area contributed by atoms with Gasteiger partial charge in [-0.15, -0.1) is 11.3 Å². The molecule has 7 nitrogen and oxygen atoms in total. The van der Waals surface area contributed by atoms with E-state index in [1.807, 2.05) is 24.0 Å². The minimum atomic E-state index is -0.333. The van der Waals surface area contributed by atoms with Crippen LogP contribution in [0.1, 0.15) is 31.2 Å². The smallest absolute Gasteiger partial charge is 0.227 e. The van der Waals surface area contributed by atoms with Gasteiger partial charge in [-0.05, 0) is 45.0 Å². The second-order valence-corrected chi connectivity index (χ2v) is 8.86. The maximum Gasteiger partial charge on any atom is 0.227 e. The highest BCUT2D eigenvalue weighted by Gasteiger charge is 2.19. The van der Waals surface area contributed by atoms with Crippen molar-refractivity contribution in [3.63, 3.8) is 0 Å². The van der Waals surface area contributed by atoms with E-state index in [1.165, 1.54) is 12.1 Å². The Morgan fingerprint density at radius 2 is 2.06 bits per heavy atom. The van der Waals surface area contributed by atoms with Crippen LogP contribution in [0, 0.1) is 12.7 Å². The van der Waals surface area contributed by atoms with Gasteiger partial charge in [-0.25, -0.2) is 14.4 Å². The molecule has 9 heteroatoms. The van der Waals surface area contributed by atoms with Crippen LogP contribution in [0.5, 0.6) is 5.75 Å². The summed E-state index contributed by atoms with van der Waals surface area (Å²) in [5.74, 6) is 0.650. The molecule has 1 saturated heterocycles. The van der Waals surface area contributed by atoms with Crippen molar-refractivity contribution >= 4 is 33.2 Å². The average molecular weight is 455 g/mol. The van der Waals surface area contributed by atoms with Gasteiger partial charge in [-0.2, -0.15) is 5.10 Å². The highest BCUT2D eigenvalue weighted by Crippen LogP contribution is 2.41. The van der Waals surface area contributed by atoms with Crippen LogP contribution in [0.15, 0.2) is 36.8 Å². The van der Waals surface area contributed by atoms with Crippen LogP contribution in [0.2, 0.25) is 0 Å². The van der Waals surface area contributed by atoms with Crippen LogP contribution in [0.4, 0.5) is 16.0 Å². The Morgan fingerprint density at radius 1 is 1.25 bits per heavy atom. The van der Waals surface area contributed by atoms with Gasteiger partial charge >= 0.3 is 0 Å². The van der Waals surface area contributed by atoms with Crippen LogP contribution >= 0.6 is 11.3 Å². The molecule has 168 valence electrons. The number of nitrogens with zero attached hydrogens (tertiary/aromatic N) is 4. The van der Waals surface area contributed by atoms with Crippen molar-refractivity contribution in [3.8, 4) is 16.9 Å². The standard InChI is InChI=1S/C22H23FN6OS.CH4/c1-13-20(17-4-3-14(23)9-18(17)30-2)21-19(31-13)11-25-22(28-21)27-15-10-26-29(12-15)16-5-7-24-8-6-16;/h3-4,9-12,16,24H,5-8H2,1-2H3,(H,25,27,28);1H4. The molecule has 1 aliphatic rings. The SMILES string of the molecule is C.COc1cc(F)ccc1-c1c(C)sc2cnc(Nc3cnn(C4CCNCC4)c3)nc12. The first-order valence-electron chi connectivity index (χ1n) is 10.2. The normalized spacial score (nSPS) is 14.3. The van der Waals surface area contributed by atoms with E-state index in [0.29, 0.717) is 17.7 Å². The predicted molar refractivity (Wildman–Crippen MR) is 127 cm³/mol. The molecular weight excluding hydrogens is 427 g/mol. The van der Waals surface area contributed by atoms with Gasteiger partial charge in [0.05, 0.1) is 41.4 Å². The summed E-state index contributed by atoms with van der Waals surface area (Å²) in [7, 11) is 1.55. The summed E-state index contributed by atoms with van der Waals surface area (Å²) in [6.07, 6.45) is 7.77. The van der Waals surface area contributed by atoms with Crippen molar-refractivity contribution in [2.45, 2.75) is 33.2 Å². The van der Waals surface area contributed by atoms with E-state index < -0.39 is 0 Å². The fourth-order valence-electron chi connectivity index (χ4n) is 4.06. The van der Waals surface area contributed by atoms with Gasteiger partial charge in [0.1, 0.15) is 11.6 Å². The van der Waals surface area contributed by atoms with Gasteiger partial charge in [0.25, 0.3) is 0 Å². The molecule has 0 amide bonds. The molecule has 0 radical (unpaired) electrons. The van der Waals surface area contributed by atoms with E-state index >= 15 is 0 Å². The Hall–Kier alpha value is -3.04. The van der Waals surface area contributed by atoms with Crippen LogP contribution in [-0.2, 0) is 0 Å². The van der Waals surface area contributed by atoms with Crippen LogP contribution in [0.25, 0.3) is 21.3 Å². The number of benzene rings is 1. The van der Waals surface area contributed by atoms with Crippen molar-refractivity contribution in [2.24, 2.45) is 0 Å². The molecule has 5 rings (SSSR count). The van der Waals surface area contributed by atoms with Crippen LogP contribution in [0.3, 0.4) is 0 Å². The lowest BCUT2D eigenvalue weighted by Crippen LogP contribution is -2.29. The Bertz CT molecular complexity index is 1230. The first-order chi connectivity index (χ1) is 15.1. The molecule has 32 heavy (non-hydrogen) atoms. The first-order valence-corrected chi connectivity index (χ1v) is 11.1. The number of ether oxygens (including phenoxy) is 1. The maximum atomic E-state index is 13.7. The molecule has 1 aliphatic heterocycles. The lowest BCUT2D eigenvalue weighted by atomic mass is 10.0. The van der Waals surface area contributed by atoms with E-state index in [9.17, 15) is 4.39 Å². The molecule has 2 N–H and O–H groups in total. The molecular formula is C23H27FN6OS. The Kier molecular flexibility index (Phi) is 6.38. The monoisotopic (exact) mass is 454 g/mol. The third kappa shape index (κ3) is 4.18. The number of aromatic nitrogens is 4. The molecule has 3 aromatic heterocycles. The van der Waals surface area contributed by atoms with E-state index in [-0.39, 0.29) is 13.2 Å². The second-order valence-electron chi connectivity index (χ2n) is 7.60. The van der Waals surface area contributed by atoms with E-state index in [0.717, 1.165) is 57.8 Å². The van der Waals surface area contributed by atoms with Crippen LogP contribution in [-0.4, -0.2) is 39.9 Å². The number of aryl methyl sites for hydroxylation is 1. The van der Waals surface area contributed by atoms with Gasteiger partial charge in [0, 0.05) is 28.3 Å². The minimum Gasteiger partial charge on any atom is -0.496 e. The van der Waals surface area contributed by atoms with Gasteiger partial charge in [0.15, 0.2) is 0 Å². The maximum absolute atomic E-state index is 13.7. The van der Waals surface area contributed by atoms with Gasteiger partial charge in [0.2, 0.25) is 5.95 Å². The summed E-state index contributed by atoms with van der Waals surface area (Å²) in [6, 6.07) is 4.99. The topological polar surface area (TPSA) is 76.9 Å². The highest BCUT2D eigenvalue weighted by molar-refractivity contribution is 7.19. The Labute approximate surface area is 190 Å². The van der Waals surface area contributed by atoms with Crippen molar-refractivity contribution in [1.82, 2.24) is 25.1 Å². The largest absolute Gasteiger partial charge is 0.496 e. The number of hydrogen-bond acceptors (Lipinski definition) is 7. The average Bonchev–Trinajstić information content (AvgIpc) is 3.38. The first kappa shape index (κ1) is 22.2. The highest BCUT2D eigenvalue weighted by atomic mass is 32.1. The number of halogens is 1. The zero-order valence-corrected chi connectivity index (χ0v) is 18.2. The molecule has 1 fully saturated rings. The summed E-state index contributed by atoms with van der Waals surface area (Å²) in [6.45, 7) is 4.06. The minimum absolute atomic E-state index is 0. The fourth-order valence-corrected chi connectivity index (χ4v) is 5.05. The molecule has 0 aliphatic carbocycles. The summed E-state index contributed by atoms with van der Waals surface area (Å²) in [5, 5.41) is 11.2. The predicted octanol–water partition coefficient (Wildman–Crippen LogP) is 5.32. The number of hydrogen-bond donors (Lipinski definition) is 2. The van der Waals surface area contributed by atoms with Crippen molar-refractivity contribution in [3.05, 3.63) is 47.5 Å². The van der Waals surface area contributed by atoms with E-state index in [4.69, 9.17) is 9.72 Å². The Morgan fingerprint density at radius 3 is 2.84 bits per heavy atom. The number of rotatable bonds is 5. The molecule has 0 saturated carbocycles. The van der Waals surface area contributed by atoms with Gasteiger partial charge in [-0.3, -0.25) is 4.68 Å². The summed E-state index contributed by atoms with van der Waals surface area (Å²) in [4.78, 5) is 10.3. The molecule has 1 aromatic carbocycles. The third-order valence-electron chi connectivity index (χ3n) is 5.58. The molecule has 0 spiro atoms.